The molecule has 0 aliphatic heterocycles. The Morgan fingerprint density at radius 1 is 1.42 bits per heavy atom. The normalized spacial score (nSPS) is 9.83. The summed E-state index contributed by atoms with van der Waals surface area (Å²) in [4.78, 5) is 10.7. The molecule has 1 aromatic rings. The molecule has 0 saturated carbocycles. The average Bonchev–Trinajstić information content (AvgIpc) is 1.97. The second kappa shape index (κ2) is 3.45. The Morgan fingerprint density at radius 2 is 2.00 bits per heavy atom. The molecule has 0 atom stereocenters. The summed E-state index contributed by atoms with van der Waals surface area (Å²) in [6.07, 6.45) is 0. The minimum Gasteiger partial charge on any atom is -0.478 e. The van der Waals surface area contributed by atoms with Gasteiger partial charge in [0.15, 0.2) is 0 Å². The van der Waals surface area contributed by atoms with Gasteiger partial charge in [-0.25, -0.2) is 4.79 Å². The number of nitrogen functional groups attached to an aromatic ring is 1. The van der Waals surface area contributed by atoms with E-state index in [0.29, 0.717) is 8.95 Å². The van der Waals surface area contributed by atoms with E-state index in [4.69, 9.17) is 10.8 Å². The minimum atomic E-state index is -1.04. The Morgan fingerprint density at radius 3 is 2.42 bits per heavy atom. The lowest BCUT2D eigenvalue weighted by Gasteiger charge is -2.04. The minimum absolute atomic E-state index is 0.0874. The third kappa shape index (κ3) is 1.61. The van der Waals surface area contributed by atoms with E-state index in [0.717, 1.165) is 0 Å². The molecule has 0 aliphatic rings. The van der Waals surface area contributed by atoms with Crippen molar-refractivity contribution in [1.29, 1.82) is 0 Å². The fraction of sp³-hybridized carbons (Fsp3) is 0. The Hall–Kier alpha value is -0.550. The van der Waals surface area contributed by atoms with Gasteiger partial charge >= 0.3 is 5.97 Å². The summed E-state index contributed by atoms with van der Waals surface area (Å²) in [5.74, 6) is -1.04. The maximum absolute atomic E-state index is 10.7. The van der Waals surface area contributed by atoms with E-state index in [9.17, 15) is 4.79 Å². The van der Waals surface area contributed by atoms with Crippen molar-refractivity contribution in [2.45, 2.75) is 0 Å². The smallest absolute Gasteiger partial charge is 0.338 e. The van der Waals surface area contributed by atoms with Gasteiger partial charge in [0.2, 0.25) is 0 Å². The molecule has 0 spiro atoms. The molecule has 0 unspecified atom stereocenters. The van der Waals surface area contributed by atoms with Crippen LogP contribution in [0.15, 0.2) is 21.1 Å². The fourth-order valence-corrected chi connectivity index (χ4v) is 1.64. The van der Waals surface area contributed by atoms with Crippen LogP contribution in [0.2, 0.25) is 0 Å². The zero-order valence-electron chi connectivity index (χ0n) is 5.84. The Balaban J connectivity index is 3.43. The number of hydrogen-bond donors (Lipinski definition) is 2. The van der Waals surface area contributed by atoms with Crippen molar-refractivity contribution in [2.24, 2.45) is 0 Å². The molecule has 64 valence electrons. The maximum Gasteiger partial charge on any atom is 0.338 e. The Bertz CT molecular complexity index is 338. The van der Waals surface area contributed by atoms with E-state index in [1.807, 2.05) is 0 Å². The highest BCUT2D eigenvalue weighted by Crippen LogP contribution is 2.30. The van der Waals surface area contributed by atoms with Crippen molar-refractivity contribution in [3.8, 4) is 0 Å². The Kier molecular flexibility index (Phi) is 2.74. The number of carbonyl (C=O) groups is 1. The lowest BCUT2D eigenvalue weighted by atomic mass is 10.2. The van der Waals surface area contributed by atoms with Gasteiger partial charge in [0.05, 0.1) is 5.56 Å². The molecule has 0 amide bonds. The van der Waals surface area contributed by atoms with Crippen LogP contribution in [0.3, 0.4) is 0 Å². The van der Waals surface area contributed by atoms with Gasteiger partial charge in [-0.1, -0.05) is 0 Å². The summed E-state index contributed by atoms with van der Waals surface area (Å²) < 4.78 is 1.14. The quantitative estimate of drug-likeness (QED) is 0.782. The molecule has 0 radical (unpaired) electrons. The second-order valence-electron chi connectivity index (χ2n) is 2.13. The molecule has 0 heterocycles. The summed E-state index contributed by atoms with van der Waals surface area (Å²) in [5, 5.41) is 8.74. The number of hydrogen-bond acceptors (Lipinski definition) is 2. The molecule has 1 rings (SSSR count). The van der Waals surface area contributed by atoms with Crippen LogP contribution in [0.25, 0.3) is 0 Å². The molecule has 0 saturated heterocycles. The van der Waals surface area contributed by atoms with Crippen LogP contribution < -0.4 is 5.73 Å². The Labute approximate surface area is 85.8 Å². The van der Waals surface area contributed by atoms with E-state index in [2.05, 4.69) is 31.9 Å². The SMILES string of the molecule is Nc1ccc(Br)c(Br)c1C(=O)O. The lowest BCUT2D eigenvalue weighted by Crippen LogP contribution is -2.03. The number of halogens is 2. The molecule has 1 aromatic carbocycles. The van der Waals surface area contributed by atoms with Crippen LogP contribution in [-0.4, -0.2) is 11.1 Å². The first-order chi connectivity index (χ1) is 5.54. The monoisotopic (exact) mass is 293 g/mol. The van der Waals surface area contributed by atoms with Gasteiger partial charge < -0.3 is 10.8 Å². The van der Waals surface area contributed by atoms with E-state index in [-0.39, 0.29) is 11.3 Å². The van der Waals surface area contributed by atoms with E-state index in [1.54, 1.807) is 6.07 Å². The summed E-state index contributed by atoms with van der Waals surface area (Å²) in [6.45, 7) is 0. The molecule has 0 aliphatic carbocycles. The summed E-state index contributed by atoms with van der Waals surface area (Å²) in [6, 6.07) is 3.23. The van der Waals surface area contributed by atoms with Crippen molar-refractivity contribution >= 4 is 43.5 Å². The van der Waals surface area contributed by atoms with E-state index in [1.165, 1.54) is 6.07 Å². The van der Waals surface area contributed by atoms with Crippen molar-refractivity contribution in [1.82, 2.24) is 0 Å². The van der Waals surface area contributed by atoms with Crippen LogP contribution in [-0.2, 0) is 0 Å². The number of nitrogens with two attached hydrogens (primary N) is 1. The number of carboxylic acid groups (broad SMARTS) is 1. The van der Waals surface area contributed by atoms with Gasteiger partial charge in [0, 0.05) is 14.6 Å². The van der Waals surface area contributed by atoms with Crippen LogP contribution in [0.1, 0.15) is 10.4 Å². The van der Waals surface area contributed by atoms with Crippen molar-refractivity contribution in [3.63, 3.8) is 0 Å². The number of benzene rings is 1. The number of aromatic carboxylic acids is 1. The highest BCUT2D eigenvalue weighted by atomic mass is 79.9. The largest absolute Gasteiger partial charge is 0.478 e. The lowest BCUT2D eigenvalue weighted by molar-refractivity contribution is 0.0697. The summed E-state index contributed by atoms with van der Waals surface area (Å²) in [5.41, 5.74) is 5.79. The van der Waals surface area contributed by atoms with Crippen LogP contribution in [0, 0.1) is 0 Å². The first-order valence-electron chi connectivity index (χ1n) is 3.01. The molecule has 3 nitrogen and oxygen atoms in total. The second-order valence-corrected chi connectivity index (χ2v) is 3.78. The topological polar surface area (TPSA) is 63.3 Å². The number of rotatable bonds is 1. The zero-order chi connectivity index (χ0) is 9.30. The molecule has 5 heteroatoms. The molecule has 3 N–H and O–H groups in total. The van der Waals surface area contributed by atoms with Crippen LogP contribution >= 0.6 is 31.9 Å². The van der Waals surface area contributed by atoms with Gasteiger partial charge in [0.25, 0.3) is 0 Å². The first-order valence-corrected chi connectivity index (χ1v) is 4.59. The van der Waals surface area contributed by atoms with E-state index >= 15 is 0 Å². The van der Waals surface area contributed by atoms with Gasteiger partial charge in [-0.15, -0.1) is 0 Å². The first kappa shape index (κ1) is 9.54. The van der Waals surface area contributed by atoms with Gasteiger partial charge in [0.1, 0.15) is 0 Å². The molecule has 12 heavy (non-hydrogen) atoms. The fourth-order valence-electron chi connectivity index (χ4n) is 0.783. The van der Waals surface area contributed by atoms with Crippen molar-refractivity contribution in [3.05, 3.63) is 26.6 Å². The molecular formula is C7H5Br2NO2. The van der Waals surface area contributed by atoms with Gasteiger partial charge in [-0.2, -0.15) is 0 Å². The predicted octanol–water partition coefficient (Wildman–Crippen LogP) is 2.49. The summed E-state index contributed by atoms with van der Waals surface area (Å²) >= 11 is 6.31. The summed E-state index contributed by atoms with van der Waals surface area (Å²) in [7, 11) is 0. The maximum atomic E-state index is 10.7. The third-order valence-corrected chi connectivity index (χ3v) is 3.36. The highest BCUT2D eigenvalue weighted by Gasteiger charge is 2.14. The van der Waals surface area contributed by atoms with Gasteiger partial charge in [-0.05, 0) is 44.0 Å². The van der Waals surface area contributed by atoms with Crippen molar-refractivity contribution < 1.29 is 9.90 Å². The molecule has 0 bridgehead atoms. The van der Waals surface area contributed by atoms with Gasteiger partial charge in [-0.3, -0.25) is 0 Å². The molecular weight excluding hydrogens is 290 g/mol. The number of anilines is 1. The number of carboxylic acids is 1. The predicted molar refractivity (Wildman–Crippen MR) is 53.2 cm³/mol. The highest BCUT2D eigenvalue weighted by molar-refractivity contribution is 9.13. The van der Waals surface area contributed by atoms with Crippen molar-refractivity contribution in [2.75, 3.05) is 5.73 Å². The standard InChI is InChI=1S/C7H5Br2NO2/c8-3-1-2-4(10)5(6(3)9)7(11)12/h1-2H,10H2,(H,11,12). The third-order valence-electron chi connectivity index (χ3n) is 1.34. The van der Waals surface area contributed by atoms with E-state index < -0.39 is 5.97 Å². The van der Waals surface area contributed by atoms with Crippen LogP contribution in [0.4, 0.5) is 5.69 Å². The van der Waals surface area contributed by atoms with Crippen LogP contribution in [0.5, 0.6) is 0 Å². The average molecular weight is 295 g/mol. The molecule has 0 aromatic heterocycles. The molecule has 0 fully saturated rings. The zero-order valence-corrected chi connectivity index (χ0v) is 9.02.